The van der Waals surface area contributed by atoms with E-state index < -0.39 is 0 Å². The molecule has 1 aliphatic carbocycles. The van der Waals surface area contributed by atoms with Gasteiger partial charge in [0.1, 0.15) is 6.07 Å². The van der Waals surface area contributed by atoms with E-state index in [2.05, 4.69) is 34.7 Å². The molecule has 7 nitrogen and oxygen atoms in total. The molecule has 174 valence electrons. The van der Waals surface area contributed by atoms with Crippen LogP contribution in [0.25, 0.3) is 0 Å². The van der Waals surface area contributed by atoms with Crippen molar-refractivity contribution in [3.8, 4) is 17.6 Å². The molecule has 8 heteroatoms. The largest absolute Gasteiger partial charge is 0.493 e. The van der Waals surface area contributed by atoms with E-state index in [4.69, 9.17) is 26.3 Å². The lowest BCUT2D eigenvalue weighted by molar-refractivity contribution is 0.156. The van der Waals surface area contributed by atoms with Crippen LogP contribution in [0.1, 0.15) is 36.8 Å². The minimum absolute atomic E-state index is 0.0314. The molecule has 0 radical (unpaired) electrons. The van der Waals surface area contributed by atoms with Gasteiger partial charge in [0, 0.05) is 23.2 Å². The van der Waals surface area contributed by atoms with Gasteiger partial charge in [-0.05, 0) is 75.2 Å². The zero-order valence-corrected chi connectivity index (χ0v) is 19.9. The van der Waals surface area contributed by atoms with E-state index in [0.717, 1.165) is 43.7 Å². The highest BCUT2D eigenvalue weighted by atomic mass is 35.5. The number of carbonyl (C=O) groups is 1. The molecule has 1 heterocycles. The van der Waals surface area contributed by atoms with E-state index in [0.29, 0.717) is 22.3 Å². The Balaban J connectivity index is 1.46. The second-order valence-corrected chi connectivity index (χ2v) is 9.26. The van der Waals surface area contributed by atoms with Crippen LogP contribution >= 0.6 is 11.6 Å². The van der Waals surface area contributed by atoms with Gasteiger partial charge in [-0.25, -0.2) is 4.79 Å². The maximum absolute atomic E-state index is 12.6. The average molecular weight is 469 g/mol. The lowest BCUT2D eigenvalue weighted by atomic mass is 9.65. The molecule has 3 unspecified atom stereocenters. The molecule has 0 bridgehead atoms. The number of ether oxygens (including phenoxy) is 2. The number of likely N-dealkylation sites (N-methyl/N-ethyl adjacent to an activating group) is 1. The quantitative estimate of drug-likeness (QED) is 0.672. The van der Waals surface area contributed by atoms with Crippen LogP contribution in [-0.2, 0) is 5.41 Å². The molecule has 3 atom stereocenters. The van der Waals surface area contributed by atoms with Crippen molar-refractivity contribution in [1.29, 1.82) is 5.26 Å². The number of methoxy groups -OCH3 is 2. The molecule has 2 fully saturated rings. The van der Waals surface area contributed by atoms with Crippen molar-refractivity contribution in [2.24, 2.45) is 0 Å². The van der Waals surface area contributed by atoms with E-state index in [1.54, 1.807) is 32.4 Å². The Labute approximate surface area is 199 Å². The van der Waals surface area contributed by atoms with Crippen molar-refractivity contribution in [2.45, 2.75) is 43.2 Å². The molecule has 33 heavy (non-hydrogen) atoms. The predicted molar refractivity (Wildman–Crippen MR) is 128 cm³/mol. The Morgan fingerprint density at radius 3 is 2.67 bits per heavy atom. The first-order valence-corrected chi connectivity index (χ1v) is 11.5. The zero-order valence-electron chi connectivity index (χ0n) is 19.2. The highest BCUT2D eigenvalue weighted by molar-refractivity contribution is 6.32. The van der Waals surface area contributed by atoms with Crippen molar-refractivity contribution < 1.29 is 14.3 Å². The molecule has 2 aromatic carbocycles. The minimum atomic E-state index is -0.264. The number of fused-ring (bicyclic) bond motifs is 1. The molecule has 2 aromatic rings. The normalized spacial score (nSPS) is 24.5. The van der Waals surface area contributed by atoms with E-state index in [9.17, 15) is 4.79 Å². The average Bonchev–Trinajstić information content (AvgIpc) is 3.15. The second-order valence-electron chi connectivity index (χ2n) is 8.85. The summed E-state index contributed by atoms with van der Waals surface area (Å²) in [7, 11) is 5.47. The van der Waals surface area contributed by atoms with Gasteiger partial charge < -0.3 is 25.0 Å². The van der Waals surface area contributed by atoms with Crippen LogP contribution < -0.4 is 20.1 Å². The van der Waals surface area contributed by atoms with E-state index >= 15 is 0 Å². The van der Waals surface area contributed by atoms with Crippen LogP contribution in [0.4, 0.5) is 10.5 Å². The third kappa shape index (κ3) is 4.46. The number of halogens is 1. The maximum atomic E-state index is 12.6. The molecule has 1 aliphatic heterocycles. The van der Waals surface area contributed by atoms with Crippen LogP contribution in [0.15, 0.2) is 36.4 Å². The Hall–Kier alpha value is -2.95. The first-order valence-electron chi connectivity index (χ1n) is 11.1. The van der Waals surface area contributed by atoms with Gasteiger partial charge in [0.2, 0.25) is 0 Å². The topological polar surface area (TPSA) is 86.6 Å². The van der Waals surface area contributed by atoms with Crippen molar-refractivity contribution in [2.75, 3.05) is 33.1 Å². The molecule has 4 rings (SSSR count). The molecule has 1 saturated carbocycles. The second kappa shape index (κ2) is 9.50. The van der Waals surface area contributed by atoms with E-state index in [1.807, 2.05) is 12.1 Å². The fourth-order valence-corrected chi connectivity index (χ4v) is 5.65. The highest BCUT2D eigenvalue weighted by Gasteiger charge is 2.50. The SMILES string of the molecule is COc1ccc(C23CCC(NC(=O)Nc4ccc(C#N)c(Cl)c4)CC2N(C)CC3)cc1OC. The number of hydrogen-bond donors (Lipinski definition) is 2. The summed E-state index contributed by atoms with van der Waals surface area (Å²) in [4.78, 5) is 15.1. The van der Waals surface area contributed by atoms with Crippen molar-refractivity contribution in [3.05, 3.63) is 52.5 Å². The number of nitrogens with one attached hydrogen (secondary N) is 2. The molecule has 0 spiro atoms. The van der Waals surface area contributed by atoms with E-state index in [1.165, 1.54) is 5.56 Å². The minimum Gasteiger partial charge on any atom is -0.493 e. The van der Waals surface area contributed by atoms with Crippen LogP contribution in [-0.4, -0.2) is 50.8 Å². The molecule has 2 aliphatic rings. The van der Waals surface area contributed by atoms with Crippen molar-refractivity contribution in [3.63, 3.8) is 0 Å². The Bertz CT molecular complexity index is 1090. The third-order valence-corrected chi connectivity index (χ3v) is 7.48. The van der Waals surface area contributed by atoms with Gasteiger partial charge in [0.15, 0.2) is 11.5 Å². The number of hydrogen-bond acceptors (Lipinski definition) is 5. The number of anilines is 1. The van der Waals surface area contributed by atoms with Gasteiger partial charge in [-0.1, -0.05) is 17.7 Å². The van der Waals surface area contributed by atoms with Crippen LogP contribution in [0.5, 0.6) is 11.5 Å². The number of carbonyl (C=O) groups excluding carboxylic acids is 1. The molecule has 1 saturated heterocycles. The summed E-state index contributed by atoms with van der Waals surface area (Å²) < 4.78 is 11.0. The van der Waals surface area contributed by atoms with E-state index in [-0.39, 0.29) is 17.5 Å². The number of nitrogens with zero attached hydrogens (tertiary/aromatic N) is 2. The molecule has 0 aromatic heterocycles. The zero-order chi connectivity index (χ0) is 23.6. The third-order valence-electron chi connectivity index (χ3n) is 7.17. The first-order chi connectivity index (χ1) is 15.9. The fraction of sp³-hybridized carbons (Fsp3) is 0.440. The molecule has 2 amide bonds. The Morgan fingerprint density at radius 1 is 1.18 bits per heavy atom. The Kier molecular flexibility index (Phi) is 6.68. The van der Waals surface area contributed by atoms with Crippen LogP contribution in [0, 0.1) is 11.3 Å². The molecular weight excluding hydrogens is 440 g/mol. The fourth-order valence-electron chi connectivity index (χ4n) is 5.43. The van der Waals surface area contributed by atoms with Gasteiger partial charge in [0.25, 0.3) is 0 Å². The summed E-state index contributed by atoms with van der Waals surface area (Å²) in [6, 6.07) is 13.3. The smallest absolute Gasteiger partial charge is 0.319 e. The highest BCUT2D eigenvalue weighted by Crippen LogP contribution is 2.49. The van der Waals surface area contributed by atoms with Gasteiger partial charge in [0.05, 0.1) is 24.8 Å². The number of likely N-dealkylation sites (tertiary alicyclic amines) is 1. The Morgan fingerprint density at radius 2 is 1.97 bits per heavy atom. The monoisotopic (exact) mass is 468 g/mol. The summed E-state index contributed by atoms with van der Waals surface area (Å²) in [5.41, 5.74) is 2.24. The summed E-state index contributed by atoms with van der Waals surface area (Å²) >= 11 is 6.08. The van der Waals surface area contributed by atoms with Gasteiger partial charge >= 0.3 is 6.03 Å². The van der Waals surface area contributed by atoms with Gasteiger partial charge in [-0.15, -0.1) is 0 Å². The van der Waals surface area contributed by atoms with Gasteiger partial charge in [-0.2, -0.15) is 5.26 Å². The first kappa shape index (κ1) is 23.2. The summed E-state index contributed by atoms with van der Waals surface area (Å²) in [6.45, 7) is 1.02. The number of amides is 2. The lowest BCUT2D eigenvalue weighted by Crippen LogP contribution is -2.52. The maximum Gasteiger partial charge on any atom is 0.319 e. The van der Waals surface area contributed by atoms with Crippen LogP contribution in [0.2, 0.25) is 5.02 Å². The number of benzene rings is 2. The number of nitriles is 1. The summed E-state index contributed by atoms with van der Waals surface area (Å²) in [5.74, 6) is 1.48. The standard InChI is InChI=1S/C25H29ClN4O3/c1-30-11-10-25(17-5-7-21(32-2)22(12-17)33-3)9-8-19(14-23(25)30)29-24(31)28-18-6-4-16(15-27)20(26)13-18/h4-7,12-13,19,23H,8-11,14H2,1-3H3,(H2,28,29,31). The van der Waals surface area contributed by atoms with Crippen molar-refractivity contribution in [1.82, 2.24) is 10.2 Å². The number of rotatable bonds is 5. The lowest BCUT2D eigenvalue weighted by Gasteiger charge is -2.45. The van der Waals surface area contributed by atoms with Crippen molar-refractivity contribution >= 4 is 23.3 Å². The predicted octanol–water partition coefficient (Wildman–Crippen LogP) is 4.54. The van der Waals surface area contributed by atoms with Crippen LogP contribution in [0.3, 0.4) is 0 Å². The summed E-state index contributed by atoms with van der Waals surface area (Å²) in [6.07, 6.45) is 3.81. The number of urea groups is 1. The summed E-state index contributed by atoms with van der Waals surface area (Å²) in [5, 5.41) is 15.3. The molecular formula is C25H29ClN4O3. The molecule has 2 N–H and O–H groups in total. The van der Waals surface area contributed by atoms with Gasteiger partial charge in [-0.3, -0.25) is 0 Å².